The topological polar surface area (TPSA) is 26.3 Å². The quantitative estimate of drug-likeness (QED) is 0.437. The Morgan fingerprint density at radius 1 is 1.25 bits per heavy atom. The number of ether oxygens (including phenoxy) is 1. The molecular formula is C9H17ClO2. The van der Waals surface area contributed by atoms with Crippen molar-refractivity contribution in [3.8, 4) is 0 Å². The van der Waals surface area contributed by atoms with Gasteiger partial charge in [-0.2, -0.15) is 0 Å². The Hall–Kier alpha value is -0.0800. The molecule has 0 amide bonds. The first-order valence-corrected chi connectivity index (χ1v) is 4.91. The highest BCUT2D eigenvalue weighted by molar-refractivity contribution is 6.63. The van der Waals surface area contributed by atoms with Crippen LogP contribution in [0.3, 0.4) is 0 Å². The van der Waals surface area contributed by atoms with Crippen LogP contribution in [0.5, 0.6) is 0 Å². The molecule has 0 aromatic carbocycles. The van der Waals surface area contributed by atoms with Gasteiger partial charge in [0.2, 0.25) is 5.24 Å². The van der Waals surface area contributed by atoms with E-state index in [1.165, 1.54) is 25.7 Å². The van der Waals surface area contributed by atoms with Crippen molar-refractivity contribution in [2.75, 3.05) is 13.2 Å². The van der Waals surface area contributed by atoms with Gasteiger partial charge in [-0.1, -0.05) is 32.6 Å². The number of halogens is 1. The monoisotopic (exact) mass is 192 g/mol. The van der Waals surface area contributed by atoms with E-state index < -0.39 is 5.24 Å². The second-order valence-electron chi connectivity index (χ2n) is 2.82. The fourth-order valence-electron chi connectivity index (χ4n) is 0.960. The first-order chi connectivity index (χ1) is 5.77. The average molecular weight is 193 g/mol. The molecule has 0 radical (unpaired) electrons. The van der Waals surface area contributed by atoms with Crippen molar-refractivity contribution in [2.45, 2.75) is 39.0 Å². The summed E-state index contributed by atoms with van der Waals surface area (Å²) in [6.07, 6.45) is 6.01. The zero-order valence-corrected chi connectivity index (χ0v) is 8.40. The largest absolute Gasteiger partial charge is 0.372 e. The van der Waals surface area contributed by atoms with Crippen molar-refractivity contribution in [3.05, 3.63) is 0 Å². The summed E-state index contributed by atoms with van der Waals surface area (Å²) in [7, 11) is 0. The predicted octanol–water partition coefficient (Wildman–Crippen LogP) is 2.74. The molecule has 2 nitrogen and oxygen atoms in total. The normalized spacial score (nSPS) is 10.2. The summed E-state index contributed by atoms with van der Waals surface area (Å²) < 4.78 is 4.99. The SMILES string of the molecule is CCCCCCCOCC(=O)Cl. The third-order valence-corrected chi connectivity index (χ3v) is 1.72. The molecule has 0 aliphatic rings. The number of rotatable bonds is 8. The van der Waals surface area contributed by atoms with E-state index in [2.05, 4.69) is 6.92 Å². The second-order valence-corrected chi connectivity index (χ2v) is 3.24. The molecule has 0 aromatic heterocycles. The van der Waals surface area contributed by atoms with E-state index >= 15 is 0 Å². The first kappa shape index (κ1) is 11.9. The van der Waals surface area contributed by atoms with Crippen molar-refractivity contribution >= 4 is 16.8 Å². The molecule has 0 rings (SSSR count). The maximum Gasteiger partial charge on any atom is 0.247 e. The van der Waals surface area contributed by atoms with E-state index in [4.69, 9.17) is 16.3 Å². The minimum absolute atomic E-state index is 0.0509. The zero-order valence-electron chi connectivity index (χ0n) is 7.64. The molecule has 0 unspecified atom stereocenters. The van der Waals surface area contributed by atoms with Gasteiger partial charge < -0.3 is 4.74 Å². The fraction of sp³-hybridized carbons (Fsp3) is 0.889. The summed E-state index contributed by atoms with van der Waals surface area (Å²) in [5.74, 6) is 0. The molecular weight excluding hydrogens is 176 g/mol. The smallest absolute Gasteiger partial charge is 0.247 e. The van der Waals surface area contributed by atoms with Crippen molar-refractivity contribution in [3.63, 3.8) is 0 Å². The van der Waals surface area contributed by atoms with Gasteiger partial charge in [-0.3, -0.25) is 4.79 Å². The molecule has 0 heterocycles. The van der Waals surface area contributed by atoms with E-state index in [1.807, 2.05) is 0 Å². The van der Waals surface area contributed by atoms with Gasteiger partial charge in [0.05, 0.1) is 0 Å². The predicted molar refractivity (Wildman–Crippen MR) is 50.4 cm³/mol. The lowest BCUT2D eigenvalue weighted by atomic mass is 10.2. The molecule has 0 saturated heterocycles. The van der Waals surface area contributed by atoms with E-state index in [0.29, 0.717) is 6.61 Å². The van der Waals surface area contributed by atoms with Gasteiger partial charge in [-0.15, -0.1) is 0 Å². The van der Waals surface area contributed by atoms with Crippen LogP contribution in [-0.4, -0.2) is 18.5 Å². The van der Waals surface area contributed by atoms with Crippen LogP contribution in [0, 0.1) is 0 Å². The van der Waals surface area contributed by atoms with E-state index in [1.54, 1.807) is 0 Å². The zero-order chi connectivity index (χ0) is 9.23. The van der Waals surface area contributed by atoms with Crippen molar-refractivity contribution in [1.82, 2.24) is 0 Å². The van der Waals surface area contributed by atoms with Crippen molar-refractivity contribution < 1.29 is 9.53 Å². The molecule has 0 saturated carbocycles. The van der Waals surface area contributed by atoms with Crippen LogP contribution in [0.1, 0.15) is 39.0 Å². The Bertz CT molecular complexity index is 115. The summed E-state index contributed by atoms with van der Waals surface area (Å²) in [6, 6.07) is 0. The maximum absolute atomic E-state index is 10.2. The van der Waals surface area contributed by atoms with Gasteiger partial charge in [0.15, 0.2) is 0 Å². The fourth-order valence-corrected chi connectivity index (χ4v) is 1.04. The van der Waals surface area contributed by atoms with Crippen LogP contribution in [0.15, 0.2) is 0 Å². The van der Waals surface area contributed by atoms with Crippen molar-refractivity contribution in [2.24, 2.45) is 0 Å². The molecule has 0 spiro atoms. The Balaban J connectivity index is 2.86. The number of carbonyl (C=O) groups is 1. The lowest BCUT2D eigenvalue weighted by Gasteiger charge is -2.00. The summed E-state index contributed by atoms with van der Waals surface area (Å²) in [4.78, 5) is 10.2. The number of carbonyl (C=O) groups excluding carboxylic acids is 1. The van der Waals surface area contributed by atoms with E-state index in [0.717, 1.165) is 6.42 Å². The van der Waals surface area contributed by atoms with Crippen molar-refractivity contribution in [1.29, 1.82) is 0 Å². The Kier molecular flexibility index (Phi) is 8.95. The van der Waals surface area contributed by atoms with Gasteiger partial charge in [-0.25, -0.2) is 0 Å². The molecule has 0 N–H and O–H groups in total. The van der Waals surface area contributed by atoms with Crippen LogP contribution < -0.4 is 0 Å². The van der Waals surface area contributed by atoms with E-state index in [-0.39, 0.29) is 6.61 Å². The Labute approximate surface area is 79.2 Å². The molecule has 0 fully saturated rings. The number of hydrogen-bond acceptors (Lipinski definition) is 2. The Morgan fingerprint density at radius 3 is 2.50 bits per heavy atom. The summed E-state index contributed by atoms with van der Waals surface area (Å²) in [6.45, 7) is 2.89. The standard InChI is InChI=1S/C9H17ClO2/c1-2-3-4-5-6-7-12-8-9(10)11/h2-8H2,1H3. The van der Waals surface area contributed by atoms with Crippen LogP contribution in [0.2, 0.25) is 0 Å². The van der Waals surface area contributed by atoms with Crippen LogP contribution in [0.4, 0.5) is 0 Å². The molecule has 0 aliphatic heterocycles. The highest BCUT2D eigenvalue weighted by atomic mass is 35.5. The molecule has 0 aromatic rings. The molecule has 0 atom stereocenters. The minimum atomic E-state index is -0.413. The molecule has 0 bridgehead atoms. The Morgan fingerprint density at radius 2 is 1.92 bits per heavy atom. The minimum Gasteiger partial charge on any atom is -0.372 e. The van der Waals surface area contributed by atoms with E-state index in [9.17, 15) is 4.79 Å². The average Bonchev–Trinajstić information content (AvgIpc) is 2.02. The molecule has 72 valence electrons. The van der Waals surface area contributed by atoms with Gasteiger partial charge in [0.1, 0.15) is 6.61 Å². The third kappa shape index (κ3) is 9.92. The van der Waals surface area contributed by atoms with Gasteiger partial charge in [0.25, 0.3) is 0 Å². The maximum atomic E-state index is 10.2. The third-order valence-electron chi connectivity index (χ3n) is 1.61. The second kappa shape index (κ2) is 9.01. The lowest BCUT2D eigenvalue weighted by Crippen LogP contribution is -2.02. The van der Waals surface area contributed by atoms with Crippen LogP contribution >= 0.6 is 11.6 Å². The number of unbranched alkanes of at least 4 members (excludes halogenated alkanes) is 4. The molecule has 3 heteroatoms. The number of hydrogen-bond donors (Lipinski definition) is 0. The molecule has 0 aliphatic carbocycles. The van der Waals surface area contributed by atoms with Crippen LogP contribution in [0.25, 0.3) is 0 Å². The van der Waals surface area contributed by atoms with Gasteiger partial charge in [0, 0.05) is 6.61 Å². The summed E-state index contributed by atoms with van der Waals surface area (Å²) >= 11 is 5.08. The highest BCUT2D eigenvalue weighted by Crippen LogP contribution is 2.02. The van der Waals surface area contributed by atoms with Gasteiger partial charge >= 0.3 is 0 Å². The summed E-state index contributed by atoms with van der Waals surface area (Å²) in [5, 5.41) is -0.413. The van der Waals surface area contributed by atoms with Gasteiger partial charge in [-0.05, 0) is 18.0 Å². The first-order valence-electron chi connectivity index (χ1n) is 4.53. The summed E-state index contributed by atoms with van der Waals surface area (Å²) in [5.41, 5.74) is 0. The lowest BCUT2D eigenvalue weighted by molar-refractivity contribution is -0.115. The highest BCUT2D eigenvalue weighted by Gasteiger charge is 1.94. The molecule has 12 heavy (non-hydrogen) atoms. The van der Waals surface area contributed by atoms with Crippen LogP contribution in [-0.2, 0) is 9.53 Å².